The topological polar surface area (TPSA) is 46.2 Å². The fourth-order valence-electron chi connectivity index (χ4n) is 0.734. The van der Waals surface area contributed by atoms with Gasteiger partial charge in [-0.15, -0.1) is 0 Å². The average Bonchev–Trinajstić information content (AvgIpc) is 1.85. The Kier molecular flexibility index (Phi) is 3.82. The van der Waals surface area contributed by atoms with Crippen molar-refractivity contribution in [2.75, 3.05) is 0 Å². The van der Waals surface area contributed by atoms with Crippen LogP contribution in [-0.2, 0) is 0 Å². The van der Waals surface area contributed by atoms with E-state index >= 15 is 0 Å². The van der Waals surface area contributed by atoms with Crippen LogP contribution in [0, 0.1) is 0 Å². The molecule has 0 saturated carbocycles. The summed E-state index contributed by atoms with van der Waals surface area (Å²) in [7, 11) is 0. The molecule has 0 fully saturated rings. The molecular formula is C6H12F3NO. The molecule has 68 valence electrons. The minimum atomic E-state index is -4.59. The third-order valence-corrected chi connectivity index (χ3v) is 1.36. The van der Waals surface area contributed by atoms with Crippen LogP contribution in [0.15, 0.2) is 0 Å². The van der Waals surface area contributed by atoms with Crippen LogP contribution in [0.2, 0.25) is 0 Å². The van der Waals surface area contributed by atoms with Crippen molar-refractivity contribution in [2.45, 2.75) is 38.1 Å². The van der Waals surface area contributed by atoms with Gasteiger partial charge < -0.3 is 10.8 Å². The summed E-state index contributed by atoms with van der Waals surface area (Å²) in [5.41, 5.74) is 5.04. The third-order valence-electron chi connectivity index (χ3n) is 1.36. The van der Waals surface area contributed by atoms with Gasteiger partial charge >= 0.3 is 6.18 Å². The summed E-state index contributed by atoms with van der Waals surface area (Å²) < 4.78 is 35.1. The highest BCUT2D eigenvalue weighted by Gasteiger charge is 2.41. The van der Waals surface area contributed by atoms with E-state index < -0.39 is 18.3 Å². The highest BCUT2D eigenvalue weighted by molar-refractivity contribution is 4.77. The van der Waals surface area contributed by atoms with Crippen molar-refractivity contribution < 1.29 is 18.3 Å². The smallest absolute Gasteiger partial charge is 0.382 e. The van der Waals surface area contributed by atoms with Gasteiger partial charge in [-0.2, -0.15) is 13.2 Å². The second kappa shape index (κ2) is 3.92. The Hall–Kier alpha value is -0.290. The molecule has 0 aliphatic heterocycles. The summed E-state index contributed by atoms with van der Waals surface area (Å²) in [6.07, 6.45) is -6.26. The molecule has 2 atom stereocenters. The van der Waals surface area contributed by atoms with E-state index in [1.165, 1.54) is 0 Å². The number of alkyl halides is 3. The summed E-state index contributed by atoms with van der Waals surface area (Å²) in [6, 6.07) is -1.19. The Morgan fingerprint density at radius 1 is 1.45 bits per heavy atom. The molecule has 0 rings (SSSR count). The minimum Gasteiger partial charge on any atom is -0.382 e. The van der Waals surface area contributed by atoms with Crippen molar-refractivity contribution in [3.05, 3.63) is 0 Å². The van der Waals surface area contributed by atoms with E-state index in [1.807, 2.05) is 0 Å². The van der Waals surface area contributed by atoms with Gasteiger partial charge in [0.1, 0.15) is 0 Å². The molecule has 0 spiro atoms. The van der Waals surface area contributed by atoms with Gasteiger partial charge in [0.2, 0.25) is 0 Å². The molecule has 5 heteroatoms. The SMILES string of the molecule is CCCC(N)C(O)C(F)(F)F. The van der Waals surface area contributed by atoms with Crippen molar-refractivity contribution in [1.82, 2.24) is 0 Å². The maximum Gasteiger partial charge on any atom is 0.415 e. The lowest BCUT2D eigenvalue weighted by Crippen LogP contribution is -2.44. The zero-order valence-corrected chi connectivity index (χ0v) is 6.23. The molecule has 0 radical (unpaired) electrons. The van der Waals surface area contributed by atoms with Crippen molar-refractivity contribution in [3.8, 4) is 0 Å². The van der Waals surface area contributed by atoms with Crippen LogP contribution in [0.25, 0.3) is 0 Å². The van der Waals surface area contributed by atoms with Gasteiger partial charge in [0.15, 0.2) is 6.10 Å². The zero-order valence-electron chi connectivity index (χ0n) is 6.23. The summed E-state index contributed by atoms with van der Waals surface area (Å²) in [6.45, 7) is 1.71. The zero-order chi connectivity index (χ0) is 9.07. The Morgan fingerprint density at radius 2 is 1.91 bits per heavy atom. The van der Waals surface area contributed by atoms with Gasteiger partial charge in [0.25, 0.3) is 0 Å². The lowest BCUT2D eigenvalue weighted by Gasteiger charge is -2.20. The van der Waals surface area contributed by atoms with Gasteiger partial charge in [-0.3, -0.25) is 0 Å². The molecule has 2 unspecified atom stereocenters. The fourth-order valence-corrected chi connectivity index (χ4v) is 0.734. The second-order valence-electron chi connectivity index (χ2n) is 2.44. The summed E-state index contributed by atoms with van der Waals surface area (Å²) in [5.74, 6) is 0. The van der Waals surface area contributed by atoms with Crippen LogP contribution in [0.1, 0.15) is 19.8 Å². The number of hydrogen-bond donors (Lipinski definition) is 2. The quantitative estimate of drug-likeness (QED) is 0.666. The molecule has 0 heterocycles. The molecule has 0 bridgehead atoms. The third kappa shape index (κ3) is 3.57. The highest BCUT2D eigenvalue weighted by atomic mass is 19.4. The maximum atomic E-state index is 11.7. The first kappa shape index (κ1) is 10.7. The first-order valence-electron chi connectivity index (χ1n) is 3.40. The van der Waals surface area contributed by atoms with Crippen LogP contribution in [0.5, 0.6) is 0 Å². The first-order chi connectivity index (χ1) is 4.89. The Bertz CT molecular complexity index is 115. The van der Waals surface area contributed by atoms with Crippen molar-refractivity contribution in [1.29, 1.82) is 0 Å². The Morgan fingerprint density at radius 3 is 2.18 bits per heavy atom. The van der Waals surface area contributed by atoms with E-state index in [0.717, 1.165) is 0 Å². The maximum absolute atomic E-state index is 11.7. The second-order valence-corrected chi connectivity index (χ2v) is 2.44. The summed E-state index contributed by atoms with van der Waals surface area (Å²) >= 11 is 0. The summed E-state index contributed by atoms with van der Waals surface area (Å²) in [4.78, 5) is 0. The fraction of sp³-hybridized carbons (Fsp3) is 1.00. The predicted molar refractivity (Wildman–Crippen MR) is 34.9 cm³/mol. The lowest BCUT2D eigenvalue weighted by atomic mass is 10.1. The number of hydrogen-bond acceptors (Lipinski definition) is 2. The molecule has 0 aromatic carbocycles. The Labute approximate surface area is 63.2 Å². The predicted octanol–water partition coefficient (Wildman–Crippen LogP) is 1.04. The number of rotatable bonds is 3. The average molecular weight is 171 g/mol. The minimum absolute atomic E-state index is 0.181. The van der Waals surface area contributed by atoms with Crippen LogP contribution < -0.4 is 5.73 Å². The van der Waals surface area contributed by atoms with Crippen molar-refractivity contribution in [2.24, 2.45) is 5.73 Å². The van der Waals surface area contributed by atoms with E-state index in [-0.39, 0.29) is 6.42 Å². The van der Waals surface area contributed by atoms with Crippen LogP contribution in [0.4, 0.5) is 13.2 Å². The van der Waals surface area contributed by atoms with Gasteiger partial charge in [-0.1, -0.05) is 13.3 Å². The number of nitrogens with two attached hydrogens (primary N) is 1. The van der Waals surface area contributed by atoms with Gasteiger partial charge in [-0.25, -0.2) is 0 Å². The van der Waals surface area contributed by atoms with E-state index in [1.54, 1.807) is 6.92 Å². The molecular weight excluding hydrogens is 159 g/mol. The number of aliphatic hydroxyl groups is 1. The molecule has 0 saturated heterocycles. The van der Waals surface area contributed by atoms with E-state index in [0.29, 0.717) is 6.42 Å². The van der Waals surface area contributed by atoms with Crippen LogP contribution in [-0.4, -0.2) is 23.4 Å². The van der Waals surface area contributed by atoms with Crippen LogP contribution in [0.3, 0.4) is 0 Å². The first-order valence-corrected chi connectivity index (χ1v) is 3.40. The number of aliphatic hydroxyl groups excluding tert-OH is 1. The van der Waals surface area contributed by atoms with Crippen LogP contribution >= 0.6 is 0 Å². The van der Waals surface area contributed by atoms with Crippen molar-refractivity contribution in [3.63, 3.8) is 0 Å². The van der Waals surface area contributed by atoms with Gasteiger partial charge in [0, 0.05) is 6.04 Å². The molecule has 0 amide bonds. The molecule has 0 aromatic rings. The van der Waals surface area contributed by atoms with E-state index in [4.69, 9.17) is 10.8 Å². The monoisotopic (exact) mass is 171 g/mol. The summed E-state index contributed by atoms with van der Waals surface area (Å²) in [5, 5.41) is 8.54. The van der Waals surface area contributed by atoms with E-state index in [2.05, 4.69) is 0 Å². The standard InChI is InChI=1S/C6H12F3NO/c1-2-3-4(10)5(11)6(7,8)9/h4-5,11H,2-3,10H2,1H3. The largest absolute Gasteiger partial charge is 0.415 e. The molecule has 2 nitrogen and oxygen atoms in total. The van der Waals surface area contributed by atoms with Crippen molar-refractivity contribution >= 4 is 0 Å². The highest BCUT2D eigenvalue weighted by Crippen LogP contribution is 2.22. The molecule has 11 heavy (non-hydrogen) atoms. The molecule has 3 N–H and O–H groups in total. The normalized spacial score (nSPS) is 18.0. The lowest BCUT2D eigenvalue weighted by molar-refractivity contribution is -0.209. The number of halogens is 3. The molecule has 0 aliphatic carbocycles. The van der Waals surface area contributed by atoms with Gasteiger partial charge in [-0.05, 0) is 6.42 Å². The molecule has 0 aliphatic rings. The van der Waals surface area contributed by atoms with Gasteiger partial charge in [0.05, 0.1) is 0 Å². The Balaban J connectivity index is 3.91. The van der Waals surface area contributed by atoms with E-state index in [9.17, 15) is 13.2 Å². The molecule has 0 aromatic heterocycles.